The van der Waals surface area contributed by atoms with E-state index < -0.39 is 18.1 Å². The van der Waals surface area contributed by atoms with Crippen molar-refractivity contribution in [1.29, 1.82) is 0 Å². The van der Waals surface area contributed by atoms with E-state index in [0.29, 0.717) is 18.7 Å². The molecule has 0 saturated carbocycles. The number of nitrogens with one attached hydrogen (secondary N) is 2. The van der Waals surface area contributed by atoms with Gasteiger partial charge in [0.1, 0.15) is 12.1 Å². The van der Waals surface area contributed by atoms with E-state index in [4.69, 9.17) is 0 Å². The number of nitrogens with zero attached hydrogens (tertiary/aromatic N) is 2. The summed E-state index contributed by atoms with van der Waals surface area (Å²) in [4.78, 5) is 48.3. The van der Waals surface area contributed by atoms with Crippen molar-refractivity contribution in [3.8, 4) is 0 Å². The fraction of sp³-hybridized carbons (Fsp3) is 0.171. The van der Waals surface area contributed by atoms with Gasteiger partial charge in [-0.05, 0) is 48.7 Å². The van der Waals surface area contributed by atoms with Gasteiger partial charge in [-0.2, -0.15) is 0 Å². The second-order valence-electron chi connectivity index (χ2n) is 11.1. The Bertz CT molecular complexity index is 1860. The van der Waals surface area contributed by atoms with E-state index in [1.54, 1.807) is 29.2 Å². The number of para-hydroxylation sites is 2. The number of urea groups is 1. The minimum Gasteiger partial charge on any atom is -0.356 e. The van der Waals surface area contributed by atoms with Crippen LogP contribution in [0.2, 0.25) is 0 Å². The summed E-state index contributed by atoms with van der Waals surface area (Å²) in [6.07, 6.45) is 0.393. The molecule has 2 unspecified atom stereocenters. The van der Waals surface area contributed by atoms with Crippen LogP contribution < -0.4 is 10.2 Å². The van der Waals surface area contributed by atoms with Crippen LogP contribution in [0.1, 0.15) is 49.9 Å². The van der Waals surface area contributed by atoms with Crippen LogP contribution in [0.3, 0.4) is 0 Å². The minimum absolute atomic E-state index is 0.280. The van der Waals surface area contributed by atoms with Crippen LogP contribution in [0, 0.1) is 13.8 Å². The molecule has 1 fully saturated rings. The molecular formula is C35H30N4O3. The Morgan fingerprint density at radius 3 is 2.29 bits per heavy atom. The average Bonchev–Trinajstić information content (AvgIpc) is 3.50. The largest absolute Gasteiger partial charge is 0.356 e. The summed E-state index contributed by atoms with van der Waals surface area (Å²) in [5, 5.41) is 4.01. The fourth-order valence-electron chi connectivity index (χ4n) is 6.24. The van der Waals surface area contributed by atoms with Crippen molar-refractivity contribution in [1.82, 2.24) is 15.2 Å². The molecule has 0 bridgehead atoms. The molecule has 7 rings (SSSR count). The number of rotatable bonds is 5. The summed E-state index contributed by atoms with van der Waals surface area (Å²) in [5.74, 6) is -0.672. The molecular weight excluding hydrogens is 524 g/mol. The van der Waals surface area contributed by atoms with Gasteiger partial charge < -0.3 is 10.3 Å². The van der Waals surface area contributed by atoms with Crippen LogP contribution in [0.15, 0.2) is 97.1 Å². The Morgan fingerprint density at radius 1 is 0.857 bits per heavy atom. The molecule has 0 radical (unpaired) electrons. The zero-order valence-electron chi connectivity index (χ0n) is 23.4. The van der Waals surface area contributed by atoms with Crippen LogP contribution >= 0.6 is 0 Å². The number of imide groups is 1. The lowest BCUT2D eigenvalue weighted by molar-refractivity contribution is -0.120. The summed E-state index contributed by atoms with van der Waals surface area (Å²) in [6.45, 7) is 4.37. The molecule has 5 aromatic rings. The first kappa shape index (κ1) is 25.8. The van der Waals surface area contributed by atoms with Crippen molar-refractivity contribution < 1.29 is 14.4 Å². The number of aromatic nitrogens is 1. The quantitative estimate of drug-likeness (QED) is 0.254. The fourth-order valence-corrected chi connectivity index (χ4v) is 6.24. The minimum atomic E-state index is -0.695. The topological polar surface area (TPSA) is 85.5 Å². The van der Waals surface area contributed by atoms with Crippen molar-refractivity contribution in [2.75, 3.05) is 4.90 Å². The zero-order valence-corrected chi connectivity index (χ0v) is 23.4. The molecule has 0 aliphatic carbocycles. The van der Waals surface area contributed by atoms with Gasteiger partial charge in [0.05, 0.1) is 11.3 Å². The lowest BCUT2D eigenvalue weighted by Gasteiger charge is -2.36. The molecule has 42 heavy (non-hydrogen) atoms. The van der Waals surface area contributed by atoms with Crippen molar-refractivity contribution >= 4 is 34.4 Å². The van der Waals surface area contributed by atoms with E-state index >= 15 is 0 Å². The average molecular weight is 555 g/mol. The molecule has 7 nitrogen and oxygen atoms in total. The third kappa shape index (κ3) is 4.16. The summed E-state index contributed by atoms with van der Waals surface area (Å²) in [6, 6.07) is 29.3. The summed E-state index contributed by atoms with van der Waals surface area (Å²) in [7, 11) is 0. The molecule has 2 aliphatic rings. The number of amides is 4. The molecule has 1 aromatic heterocycles. The zero-order chi connectivity index (χ0) is 29.0. The van der Waals surface area contributed by atoms with Crippen LogP contribution in [0.4, 0.5) is 10.5 Å². The van der Waals surface area contributed by atoms with Crippen LogP contribution in [-0.4, -0.2) is 33.8 Å². The standard InChI is InChI=1S/C35H30N4O3/c1-21-11-15-23(16-12-21)20-36-33(40)26-8-4-6-10-29(26)39-34(41)30-19-27-25-7-3-5-9-28(25)37-31(27)32(38(30)35(39)42)24-17-13-22(2)14-18-24/h3-18,30,32,37H,19-20H2,1-2H3,(H,36,40). The van der Waals surface area contributed by atoms with Gasteiger partial charge in [-0.1, -0.05) is 90.0 Å². The molecule has 2 atom stereocenters. The van der Waals surface area contributed by atoms with E-state index in [-0.39, 0.29) is 17.4 Å². The number of aromatic amines is 1. The highest BCUT2D eigenvalue weighted by molar-refractivity contribution is 6.24. The van der Waals surface area contributed by atoms with E-state index in [0.717, 1.165) is 44.4 Å². The number of fused-ring (bicyclic) bond motifs is 4. The van der Waals surface area contributed by atoms with Crippen molar-refractivity contribution in [3.05, 3.63) is 136 Å². The first-order valence-electron chi connectivity index (χ1n) is 14.2. The number of aryl methyl sites for hydroxylation is 2. The first-order chi connectivity index (χ1) is 20.4. The molecule has 208 valence electrons. The predicted molar refractivity (Wildman–Crippen MR) is 162 cm³/mol. The van der Waals surface area contributed by atoms with Gasteiger partial charge in [0.15, 0.2) is 0 Å². The molecule has 0 spiro atoms. The first-order valence-corrected chi connectivity index (χ1v) is 14.2. The van der Waals surface area contributed by atoms with Crippen LogP contribution in [0.25, 0.3) is 10.9 Å². The molecule has 2 aliphatic heterocycles. The molecule has 3 heterocycles. The Labute approximate surface area is 243 Å². The van der Waals surface area contributed by atoms with Crippen molar-refractivity contribution in [2.24, 2.45) is 0 Å². The summed E-state index contributed by atoms with van der Waals surface area (Å²) in [5.41, 5.74) is 7.65. The maximum atomic E-state index is 14.3. The predicted octanol–water partition coefficient (Wildman–Crippen LogP) is 6.20. The maximum absolute atomic E-state index is 14.3. The van der Waals surface area contributed by atoms with Crippen molar-refractivity contribution in [2.45, 2.75) is 38.9 Å². The molecule has 4 amide bonds. The number of hydrogen-bond donors (Lipinski definition) is 2. The Balaban J connectivity index is 1.27. The van der Waals surface area contributed by atoms with Crippen molar-refractivity contribution in [3.63, 3.8) is 0 Å². The highest BCUT2D eigenvalue weighted by atomic mass is 16.2. The van der Waals surface area contributed by atoms with Gasteiger partial charge >= 0.3 is 6.03 Å². The molecule has 2 N–H and O–H groups in total. The number of anilines is 1. The SMILES string of the molecule is Cc1ccc(CNC(=O)c2ccccc2N2C(=O)C3Cc4c([nH]c5ccccc45)C(c4ccc(C)cc4)N3C2=O)cc1. The lowest BCUT2D eigenvalue weighted by atomic mass is 9.88. The van der Waals surface area contributed by atoms with Gasteiger partial charge in [0.2, 0.25) is 0 Å². The number of benzene rings is 4. The molecule has 4 aromatic carbocycles. The third-order valence-electron chi connectivity index (χ3n) is 8.41. The van der Waals surface area contributed by atoms with Gasteiger partial charge in [-0.3, -0.25) is 14.5 Å². The second-order valence-corrected chi connectivity index (χ2v) is 11.1. The highest BCUT2D eigenvalue weighted by Crippen LogP contribution is 2.45. The van der Waals surface area contributed by atoms with Gasteiger partial charge in [-0.25, -0.2) is 9.69 Å². The summed E-state index contributed by atoms with van der Waals surface area (Å²) >= 11 is 0. The van der Waals surface area contributed by atoms with E-state index in [1.807, 2.05) is 80.6 Å². The molecule has 7 heteroatoms. The Kier molecular flexibility index (Phi) is 6.16. The second kappa shape index (κ2) is 10.0. The molecule has 1 saturated heterocycles. The third-order valence-corrected chi connectivity index (χ3v) is 8.41. The van der Waals surface area contributed by atoms with Gasteiger partial charge in [0.25, 0.3) is 11.8 Å². The Hall–Kier alpha value is -5.17. The Morgan fingerprint density at radius 2 is 1.52 bits per heavy atom. The highest BCUT2D eigenvalue weighted by Gasteiger charge is 2.53. The van der Waals surface area contributed by atoms with E-state index in [9.17, 15) is 14.4 Å². The smallest absolute Gasteiger partial charge is 0.332 e. The number of carbonyl (C=O) groups excluding carboxylic acids is 3. The number of carbonyl (C=O) groups is 3. The van der Waals surface area contributed by atoms with Gasteiger partial charge in [0, 0.05) is 29.6 Å². The lowest BCUT2D eigenvalue weighted by Crippen LogP contribution is -2.44. The van der Waals surface area contributed by atoms with Gasteiger partial charge in [-0.15, -0.1) is 0 Å². The van der Waals surface area contributed by atoms with E-state index in [2.05, 4.69) is 16.4 Å². The maximum Gasteiger partial charge on any atom is 0.332 e. The van der Waals surface area contributed by atoms with Crippen LogP contribution in [-0.2, 0) is 17.8 Å². The number of hydrogen-bond acceptors (Lipinski definition) is 3. The van der Waals surface area contributed by atoms with E-state index in [1.165, 1.54) is 4.90 Å². The van der Waals surface area contributed by atoms with Crippen LogP contribution in [0.5, 0.6) is 0 Å². The summed E-state index contributed by atoms with van der Waals surface area (Å²) < 4.78 is 0. The monoisotopic (exact) mass is 554 g/mol. The number of H-pyrrole nitrogens is 1. The normalized spacial score (nSPS) is 17.9.